The van der Waals surface area contributed by atoms with E-state index in [0.29, 0.717) is 23.7 Å². The summed E-state index contributed by atoms with van der Waals surface area (Å²) in [5.41, 5.74) is 1.36. The number of halogens is 1. The largest absolute Gasteiger partial charge is 0.334 e. The van der Waals surface area contributed by atoms with Crippen LogP contribution >= 0.6 is 12.4 Å². The molecule has 0 aliphatic heterocycles. The minimum atomic E-state index is -3.53. The van der Waals surface area contributed by atoms with Crippen LogP contribution in [0, 0.1) is 0 Å². The zero-order valence-corrected chi connectivity index (χ0v) is 13.9. The van der Waals surface area contributed by atoms with Crippen LogP contribution in [0.2, 0.25) is 0 Å². The Balaban J connectivity index is 0.00000242. The zero-order valence-electron chi connectivity index (χ0n) is 12.3. The molecule has 2 aromatic rings. The molecule has 22 heavy (non-hydrogen) atoms. The fourth-order valence-corrected chi connectivity index (χ4v) is 2.46. The maximum absolute atomic E-state index is 11.0. The Morgan fingerprint density at radius 2 is 1.95 bits per heavy atom. The van der Waals surface area contributed by atoms with Gasteiger partial charge < -0.3 is 9.84 Å². The van der Waals surface area contributed by atoms with Crippen molar-refractivity contribution >= 4 is 22.4 Å². The predicted molar refractivity (Wildman–Crippen MR) is 86.0 cm³/mol. The summed E-state index contributed by atoms with van der Waals surface area (Å²) in [5.74, 6) is 0.845. The van der Waals surface area contributed by atoms with Crippen LogP contribution in [-0.2, 0) is 22.2 Å². The SMILES string of the molecule is CNC(C)Cc1noc(-c2ccc(CS(N)(=O)=O)cc2)n1.Cl. The first kappa shape index (κ1) is 18.6. The van der Waals surface area contributed by atoms with Crippen molar-refractivity contribution in [2.75, 3.05) is 7.05 Å². The molecule has 3 N–H and O–H groups in total. The maximum atomic E-state index is 11.0. The van der Waals surface area contributed by atoms with Crippen molar-refractivity contribution in [3.8, 4) is 11.5 Å². The number of hydrogen-bond acceptors (Lipinski definition) is 6. The fraction of sp³-hybridized carbons (Fsp3) is 0.385. The average molecular weight is 347 g/mol. The first-order valence-electron chi connectivity index (χ1n) is 6.47. The quantitative estimate of drug-likeness (QED) is 0.810. The summed E-state index contributed by atoms with van der Waals surface area (Å²) < 4.78 is 27.2. The molecule has 9 heteroatoms. The lowest BCUT2D eigenvalue weighted by atomic mass is 10.1. The van der Waals surface area contributed by atoms with E-state index in [-0.39, 0.29) is 24.2 Å². The predicted octanol–water partition coefficient (Wildman–Crippen LogP) is 1.10. The summed E-state index contributed by atoms with van der Waals surface area (Å²) in [6, 6.07) is 7.09. The van der Waals surface area contributed by atoms with Crippen molar-refractivity contribution in [3.05, 3.63) is 35.7 Å². The van der Waals surface area contributed by atoms with E-state index in [4.69, 9.17) is 9.66 Å². The third-order valence-corrected chi connectivity index (χ3v) is 3.75. The molecule has 122 valence electrons. The summed E-state index contributed by atoms with van der Waals surface area (Å²) >= 11 is 0. The van der Waals surface area contributed by atoms with Crippen molar-refractivity contribution in [1.82, 2.24) is 15.5 Å². The molecule has 7 nitrogen and oxygen atoms in total. The Morgan fingerprint density at radius 3 is 2.50 bits per heavy atom. The van der Waals surface area contributed by atoms with Crippen LogP contribution in [-0.4, -0.2) is 31.6 Å². The van der Waals surface area contributed by atoms with Gasteiger partial charge in [-0.25, -0.2) is 13.6 Å². The lowest BCUT2D eigenvalue weighted by Crippen LogP contribution is -2.24. The van der Waals surface area contributed by atoms with Crippen LogP contribution in [0.3, 0.4) is 0 Å². The van der Waals surface area contributed by atoms with Crippen LogP contribution in [0.5, 0.6) is 0 Å². The highest BCUT2D eigenvalue weighted by atomic mass is 35.5. The zero-order chi connectivity index (χ0) is 15.5. The van der Waals surface area contributed by atoms with Gasteiger partial charge in [-0.1, -0.05) is 17.3 Å². The van der Waals surface area contributed by atoms with Crippen molar-refractivity contribution in [1.29, 1.82) is 0 Å². The highest BCUT2D eigenvalue weighted by Crippen LogP contribution is 2.18. The van der Waals surface area contributed by atoms with Gasteiger partial charge in [-0.3, -0.25) is 0 Å². The van der Waals surface area contributed by atoms with Crippen LogP contribution in [0.4, 0.5) is 0 Å². The Bertz CT molecular complexity index is 700. The van der Waals surface area contributed by atoms with Gasteiger partial charge in [-0.15, -0.1) is 12.4 Å². The number of nitrogens with two attached hydrogens (primary N) is 1. The molecular formula is C13H19ClN4O3S. The molecule has 1 atom stereocenters. The van der Waals surface area contributed by atoms with Crippen LogP contribution in [0.25, 0.3) is 11.5 Å². The van der Waals surface area contributed by atoms with E-state index in [0.717, 1.165) is 5.56 Å². The molecule has 0 radical (unpaired) electrons. The molecule has 1 unspecified atom stereocenters. The monoisotopic (exact) mass is 346 g/mol. The van der Waals surface area contributed by atoms with E-state index in [1.165, 1.54) is 0 Å². The van der Waals surface area contributed by atoms with Gasteiger partial charge in [0.05, 0.1) is 5.75 Å². The number of sulfonamides is 1. The fourth-order valence-electron chi connectivity index (χ4n) is 1.81. The second-order valence-electron chi connectivity index (χ2n) is 4.91. The number of primary sulfonamides is 1. The summed E-state index contributed by atoms with van der Waals surface area (Å²) in [6.07, 6.45) is 0.670. The first-order valence-corrected chi connectivity index (χ1v) is 8.18. The standard InChI is InChI=1S/C13H18N4O3S.ClH/c1-9(15-2)7-12-16-13(20-17-12)11-5-3-10(4-6-11)8-21(14,18)19;/h3-6,9,15H,7-8H2,1-2H3,(H2,14,18,19);1H. The normalized spacial score (nSPS) is 12.7. The van der Waals surface area contributed by atoms with Crippen molar-refractivity contribution in [2.24, 2.45) is 5.14 Å². The Labute approximate surface area is 135 Å². The van der Waals surface area contributed by atoms with Crippen molar-refractivity contribution < 1.29 is 12.9 Å². The molecular weight excluding hydrogens is 328 g/mol. The molecule has 1 aromatic carbocycles. The molecule has 0 saturated carbocycles. The van der Waals surface area contributed by atoms with Gasteiger partial charge in [0.1, 0.15) is 0 Å². The van der Waals surface area contributed by atoms with Crippen LogP contribution in [0.1, 0.15) is 18.3 Å². The lowest BCUT2D eigenvalue weighted by molar-refractivity contribution is 0.418. The number of nitrogens with one attached hydrogen (secondary N) is 1. The number of benzene rings is 1. The summed E-state index contributed by atoms with van der Waals surface area (Å²) in [6.45, 7) is 2.03. The topological polar surface area (TPSA) is 111 Å². The molecule has 0 bridgehead atoms. The van der Waals surface area contributed by atoms with Crippen molar-refractivity contribution in [3.63, 3.8) is 0 Å². The molecule has 0 amide bonds. The molecule has 0 aliphatic rings. The third kappa shape index (κ3) is 5.38. The highest BCUT2D eigenvalue weighted by Gasteiger charge is 2.12. The van der Waals surface area contributed by atoms with Crippen molar-refractivity contribution in [2.45, 2.75) is 25.1 Å². The molecule has 0 saturated heterocycles. The third-order valence-electron chi connectivity index (χ3n) is 3.02. The van der Waals surface area contributed by atoms with Gasteiger partial charge >= 0.3 is 0 Å². The summed E-state index contributed by atoms with van der Waals surface area (Å²) in [7, 11) is -1.65. The van der Waals surface area contributed by atoms with Gasteiger partial charge in [-0.2, -0.15) is 4.98 Å². The lowest BCUT2D eigenvalue weighted by Gasteiger charge is -2.04. The van der Waals surface area contributed by atoms with E-state index in [1.807, 2.05) is 14.0 Å². The number of likely N-dealkylation sites (N-methyl/N-ethyl adjacent to an activating group) is 1. The Kier molecular flexibility index (Phi) is 6.48. The minimum Gasteiger partial charge on any atom is -0.334 e. The molecule has 2 rings (SSSR count). The summed E-state index contributed by atoms with van der Waals surface area (Å²) in [4.78, 5) is 4.31. The van der Waals surface area contributed by atoms with E-state index >= 15 is 0 Å². The first-order chi connectivity index (χ1) is 9.87. The van der Waals surface area contributed by atoms with Gasteiger partial charge in [0, 0.05) is 18.0 Å². The molecule has 0 spiro atoms. The van der Waals surface area contributed by atoms with E-state index < -0.39 is 10.0 Å². The molecule has 1 heterocycles. The van der Waals surface area contributed by atoms with E-state index in [9.17, 15) is 8.42 Å². The Hall–Kier alpha value is -1.48. The highest BCUT2D eigenvalue weighted by molar-refractivity contribution is 7.88. The maximum Gasteiger partial charge on any atom is 0.257 e. The number of rotatable bonds is 6. The second kappa shape index (κ2) is 7.68. The minimum absolute atomic E-state index is 0. The number of hydrogen-bond donors (Lipinski definition) is 2. The van der Waals surface area contributed by atoms with Gasteiger partial charge in [0.25, 0.3) is 5.89 Å². The molecule has 0 fully saturated rings. The molecule has 1 aromatic heterocycles. The molecule has 0 aliphatic carbocycles. The van der Waals surface area contributed by atoms with E-state index in [1.54, 1.807) is 24.3 Å². The smallest absolute Gasteiger partial charge is 0.257 e. The van der Waals surface area contributed by atoms with Gasteiger partial charge in [0.2, 0.25) is 10.0 Å². The average Bonchev–Trinajstić information content (AvgIpc) is 2.86. The van der Waals surface area contributed by atoms with E-state index in [2.05, 4.69) is 15.5 Å². The number of aromatic nitrogens is 2. The second-order valence-corrected chi connectivity index (χ2v) is 6.53. The van der Waals surface area contributed by atoms with Crippen LogP contribution < -0.4 is 10.5 Å². The van der Waals surface area contributed by atoms with Gasteiger partial charge in [0.15, 0.2) is 5.82 Å². The van der Waals surface area contributed by atoms with Gasteiger partial charge in [-0.05, 0) is 31.7 Å². The Morgan fingerprint density at radius 1 is 1.32 bits per heavy atom. The number of nitrogens with zero attached hydrogens (tertiary/aromatic N) is 2. The van der Waals surface area contributed by atoms with Crippen LogP contribution in [0.15, 0.2) is 28.8 Å². The summed E-state index contributed by atoms with van der Waals surface area (Å²) in [5, 5.41) is 12.0.